The highest BCUT2D eigenvalue weighted by molar-refractivity contribution is 7.11. The van der Waals surface area contributed by atoms with Gasteiger partial charge in [0.25, 0.3) is 0 Å². The van der Waals surface area contributed by atoms with Gasteiger partial charge in [0.2, 0.25) is 0 Å². The molecule has 3 nitrogen and oxygen atoms in total. The topological polar surface area (TPSA) is 37.8 Å². The average molecular weight is 281 g/mol. The van der Waals surface area contributed by atoms with Crippen molar-refractivity contribution in [2.24, 2.45) is 0 Å². The first-order chi connectivity index (χ1) is 8.79. The third-order valence-electron chi connectivity index (χ3n) is 2.76. The SMILES string of the molecule is CCNC(C)c1nnc(CCCc2cccs2)s1. The van der Waals surface area contributed by atoms with Crippen LogP contribution in [0.2, 0.25) is 0 Å². The van der Waals surface area contributed by atoms with E-state index in [0.717, 1.165) is 35.8 Å². The zero-order valence-electron chi connectivity index (χ0n) is 10.8. The third-order valence-corrected chi connectivity index (χ3v) is 4.86. The Labute approximate surface area is 116 Å². The molecule has 0 fully saturated rings. The maximum Gasteiger partial charge on any atom is 0.134 e. The molecule has 0 aromatic carbocycles. The second kappa shape index (κ2) is 6.97. The molecule has 0 saturated carbocycles. The Hall–Kier alpha value is -0.780. The second-order valence-electron chi connectivity index (χ2n) is 4.25. The predicted molar refractivity (Wildman–Crippen MR) is 78.3 cm³/mol. The molecule has 1 unspecified atom stereocenters. The van der Waals surface area contributed by atoms with Gasteiger partial charge in [0.15, 0.2) is 0 Å². The smallest absolute Gasteiger partial charge is 0.134 e. The quantitative estimate of drug-likeness (QED) is 0.844. The highest BCUT2D eigenvalue weighted by atomic mass is 32.1. The molecule has 0 aliphatic heterocycles. The molecule has 0 aliphatic carbocycles. The van der Waals surface area contributed by atoms with Crippen LogP contribution in [-0.2, 0) is 12.8 Å². The Morgan fingerprint density at radius 2 is 2.22 bits per heavy atom. The molecule has 18 heavy (non-hydrogen) atoms. The number of aromatic nitrogens is 2. The number of rotatable bonds is 7. The summed E-state index contributed by atoms with van der Waals surface area (Å²) in [5.74, 6) is 0. The Bertz CT molecular complexity index is 451. The first-order valence-electron chi connectivity index (χ1n) is 6.37. The molecule has 0 radical (unpaired) electrons. The van der Waals surface area contributed by atoms with Crippen LogP contribution in [0.15, 0.2) is 17.5 Å². The lowest BCUT2D eigenvalue weighted by Gasteiger charge is -2.06. The standard InChI is InChI=1S/C13H19N3S2/c1-3-14-10(2)13-16-15-12(18-13)8-4-6-11-7-5-9-17-11/h5,7,9-10,14H,3-4,6,8H2,1-2H3. The number of thiophene rings is 1. The van der Waals surface area contributed by atoms with Gasteiger partial charge in [-0.2, -0.15) is 0 Å². The van der Waals surface area contributed by atoms with Gasteiger partial charge in [-0.15, -0.1) is 21.5 Å². The summed E-state index contributed by atoms with van der Waals surface area (Å²) in [4.78, 5) is 1.46. The number of nitrogens with zero attached hydrogens (tertiary/aromatic N) is 2. The van der Waals surface area contributed by atoms with Gasteiger partial charge in [-0.3, -0.25) is 0 Å². The number of hydrogen-bond acceptors (Lipinski definition) is 5. The van der Waals surface area contributed by atoms with Gasteiger partial charge in [0, 0.05) is 11.3 Å². The largest absolute Gasteiger partial charge is 0.308 e. The van der Waals surface area contributed by atoms with E-state index < -0.39 is 0 Å². The second-order valence-corrected chi connectivity index (χ2v) is 6.37. The minimum atomic E-state index is 0.318. The molecule has 5 heteroatoms. The van der Waals surface area contributed by atoms with Crippen molar-refractivity contribution in [2.75, 3.05) is 6.54 Å². The molecule has 2 aromatic heterocycles. The summed E-state index contributed by atoms with van der Waals surface area (Å²) in [6.45, 7) is 5.22. The Morgan fingerprint density at radius 1 is 1.33 bits per heavy atom. The fourth-order valence-electron chi connectivity index (χ4n) is 1.80. The summed E-state index contributed by atoms with van der Waals surface area (Å²) in [7, 11) is 0. The van der Waals surface area contributed by atoms with Crippen molar-refractivity contribution in [3.05, 3.63) is 32.4 Å². The van der Waals surface area contributed by atoms with Crippen molar-refractivity contribution in [1.82, 2.24) is 15.5 Å². The van der Waals surface area contributed by atoms with E-state index in [-0.39, 0.29) is 0 Å². The lowest BCUT2D eigenvalue weighted by molar-refractivity contribution is 0.589. The molecular formula is C13H19N3S2. The highest BCUT2D eigenvalue weighted by Gasteiger charge is 2.10. The van der Waals surface area contributed by atoms with Crippen molar-refractivity contribution in [1.29, 1.82) is 0 Å². The van der Waals surface area contributed by atoms with Gasteiger partial charge in [-0.25, -0.2) is 0 Å². The fraction of sp³-hybridized carbons (Fsp3) is 0.538. The molecule has 0 bridgehead atoms. The van der Waals surface area contributed by atoms with Crippen LogP contribution >= 0.6 is 22.7 Å². The van der Waals surface area contributed by atoms with Gasteiger partial charge in [-0.05, 0) is 37.8 Å². The van der Waals surface area contributed by atoms with Crippen molar-refractivity contribution in [3.63, 3.8) is 0 Å². The van der Waals surface area contributed by atoms with Crippen LogP contribution in [0.5, 0.6) is 0 Å². The van der Waals surface area contributed by atoms with Crippen molar-refractivity contribution < 1.29 is 0 Å². The molecule has 1 atom stereocenters. The van der Waals surface area contributed by atoms with Crippen LogP contribution in [0.4, 0.5) is 0 Å². The van der Waals surface area contributed by atoms with E-state index in [2.05, 4.69) is 46.9 Å². The molecule has 0 spiro atoms. The molecule has 0 aliphatic rings. The first kappa shape index (κ1) is 13.6. The van der Waals surface area contributed by atoms with Crippen molar-refractivity contribution in [2.45, 2.75) is 39.2 Å². The van der Waals surface area contributed by atoms with Crippen LogP contribution < -0.4 is 5.32 Å². The maximum atomic E-state index is 4.27. The van der Waals surface area contributed by atoms with Crippen LogP contribution in [0, 0.1) is 0 Å². The molecule has 0 amide bonds. The Morgan fingerprint density at radius 3 is 2.94 bits per heavy atom. The van der Waals surface area contributed by atoms with Gasteiger partial charge < -0.3 is 5.32 Å². The van der Waals surface area contributed by atoms with E-state index in [1.54, 1.807) is 11.3 Å². The van der Waals surface area contributed by atoms with Crippen LogP contribution in [0.3, 0.4) is 0 Å². The van der Waals surface area contributed by atoms with E-state index in [0.29, 0.717) is 6.04 Å². The minimum absolute atomic E-state index is 0.318. The summed E-state index contributed by atoms with van der Waals surface area (Å²) in [6.07, 6.45) is 3.34. The molecule has 2 rings (SSSR count). The fourth-order valence-corrected chi connectivity index (χ4v) is 3.47. The van der Waals surface area contributed by atoms with E-state index in [4.69, 9.17) is 0 Å². The number of hydrogen-bond donors (Lipinski definition) is 1. The van der Waals surface area contributed by atoms with Gasteiger partial charge in [0.1, 0.15) is 10.0 Å². The van der Waals surface area contributed by atoms with Crippen LogP contribution in [0.25, 0.3) is 0 Å². The number of nitrogens with one attached hydrogen (secondary N) is 1. The lowest BCUT2D eigenvalue weighted by Crippen LogP contribution is -2.17. The molecule has 2 heterocycles. The summed E-state index contributed by atoms with van der Waals surface area (Å²) < 4.78 is 0. The van der Waals surface area contributed by atoms with E-state index >= 15 is 0 Å². The maximum absolute atomic E-state index is 4.27. The van der Waals surface area contributed by atoms with Crippen molar-refractivity contribution >= 4 is 22.7 Å². The highest BCUT2D eigenvalue weighted by Crippen LogP contribution is 2.19. The van der Waals surface area contributed by atoms with Crippen LogP contribution in [-0.4, -0.2) is 16.7 Å². The lowest BCUT2D eigenvalue weighted by atomic mass is 10.2. The zero-order chi connectivity index (χ0) is 12.8. The van der Waals surface area contributed by atoms with Gasteiger partial charge in [-0.1, -0.05) is 24.3 Å². The minimum Gasteiger partial charge on any atom is -0.308 e. The monoisotopic (exact) mass is 281 g/mol. The van der Waals surface area contributed by atoms with Gasteiger partial charge >= 0.3 is 0 Å². The third kappa shape index (κ3) is 3.86. The van der Waals surface area contributed by atoms with Crippen LogP contribution in [0.1, 0.15) is 41.2 Å². The summed E-state index contributed by atoms with van der Waals surface area (Å²) in [5.41, 5.74) is 0. The van der Waals surface area contributed by atoms with E-state index in [9.17, 15) is 0 Å². The van der Waals surface area contributed by atoms with Crippen molar-refractivity contribution in [3.8, 4) is 0 Å². The normalized spacial score (nSPS) is 12.8. The molecule has 2 aromatic rings. The van der Waals surface area contributed by atoms with Gasteiger partial charge in [0.05, 0.1) is 6.04 Å². The summed E-state index contributed by atoms with van der Waals surface area (Å²) >= 11 is 3.57. The Balaban J connectivity index is 1.79. The molecule has 98 valence electrons. The average Bonchev–Trinajstić information content (AvgIpc) is 3.00. The van der Waals surface area contributed by atoms with E-state index in [1.807, 2.05) is 11.3 Å². The zero-order valence-corrected chi connectivity index (χ0v) is 12.5. The Kier molecular flexibility index (Phi) is 5.28. The summed E-state index contributed by atoms with van der Waals surface area (Å²) in [5, 5.41) is 16.3. The van der Waals surface area contributed by atoms with E-state index in [1.165, 1.54) is 4.88 Å². The predicted octanol–water partition coefficient (Wildman–Crippen LogP) is 3.45. The number of aryl methyl sites for hydroxylation is 2. The molecule has 1 N–H and O–H groups in total. The molecule has 0 saturated heterocycles. The summed E-state index contributed by atoms with van der Waals surface area (Å²) in [6, 6.07) is 4.63. The molecular weight excluding hydrogens is 262 g/mol. The first-order valence-corrected chi connectivity index (χ1v) is 8.07.